The van der Waals surface area contributed by atoms with Crippen LogP contribution in [0, 0.1) is 12.8 Å². The normalized spacial score (nSPS) is 12.5. The molecular formula is C12H18N2O4. The summed E-state index contributed by atoms with van der Waals surface area (Å²) in [5.74, 6) is -1.35. The summed E-state index contributed by atoms with van der Waals surface area (Å²) in [7, 11) is 0. The molecule has 1 aromatic rings. The number of amides is 1. The van der Waals surface area contributed by atoms with Crippen LogP contribution in [0.3, 0.4) is 0 Å². The molecule has 100 valence electrons. The largest absolute Gasteiger partial charge is 0.481 e. The Balaban J connectivity index is 2.78. The number of aromatic nitrogens is 1. The average Bonchev–Trinajstić information content (AvgIpc) is 2.67. The topological polar surface area (TPSA) is 92.4 Å². The van der Waals surface area contributed by atoms with Gasteiger partial charge < -0.3 is 14.9 Å². The summed E-state index contributed by atoms with van der Waals surface area (Å²) in [4.78, 5) is 22.6. The number of nitrogens with zero attached hydrogens (tertiary/aromatic N) is 1. The van der Waals surface area contributed by atoms with Crippen molar-refractivity contribution in [2.75, 3.05) is 6.54 Å². The van der Waals surface area contributed by atoms with E-state index in [2.05, 4.69) is 10.5 Å². The number of hydrogen-bond acceptors (Lipinski definition) is 4. The van der Waals surface area contributed by atoms with E-state index in [1.165, 1.54) is 6.92 Å². The van der Waals surface area contributed by atoms with Gasteiger partial charge in [-0.2, -0.15) is 0 Å². The van der Waals surface area contributed by atoms with E-state index < -0.39 is 11.9 Å². The molecule has 0 aliphatic heterocycles. The number of nitrogens with one attached hydrogen (secondary N) is 1. The van der Waals surface area contributed by atoms with Crippen LogP contribution in [-0.4, -0.2) is 28.7 Å². The van der Waals surface area contributed by atoms with Crippen molar-refractivity contribution >= 4 is 11.9 Å². The van der Waals surface area contributed by atoms with Gasteiger partial charge in [0, 0.05) is 12.5 Å². The molecule has 0 spiro atoms. The molecule has 18 heavy (non-hydrogen) atoms. The summed E-state index contributed by atoms with van der Waals surface area (Å²) in [6.07, 6.45) is 0. The predicted molar refractivity (Wildman–Crippen MR) is 64.5 cm³/mol. The molecular weight excluding hydrogens is 236 g/mol. The highest BCUT2D eigenvalue weighted by molar-refractivity contribution is 5.96. The van der Waals surface area contributed by atoms with E-state index >= 15 is 0 Å². The van der Waals surface area contributed by atoms with E-state index in [-0.39, 0.29) is 18.4 Å². The molecule has 0 saturated heterocycles. The molecule has 1 atom stereocenters. The lowest BCUT2D eigenvalue weighted by Crippen LogP contribution is -2.32. The lowest BCUT2D eigenvalue weighted by Gasteiger charge is -2.09. The van der Waals surface area contributed by atoms with Crippen molar-refractivity contribution in [2.45, 2.75) is 33.6 Å². The van der Waals surface area contributed by atoms with Gasteiger partial charge in [-0.3, -0.25) is 9.59 Å². The third-order valence-electron chi connectivity index (χ3n) is 2.63. The molecule has 0 radical (unpaired) electrons. The van der Waals surface area contributed by atoms with Crippen LogP contribution in [0.4, 0.5) is 0 Å². The molecule has 1 unspecified atom stereocenters. The number of hydrogen-bond donors (Lipinski definition) is 2. The van der Waals surface area contributed by atoms with E-state index in [0.717, 1.165) is 0 Å². The Kier molecular flexibility index (Phi) is 4.47. The standard InChI is InChI=1S/C12H18N2O4/c1-6(2)10-9(8(4)14-18-10)11(15)13-5-7(3)12(16)17/h6-7H,5H2,1-4H3,(H,13,15)(H,16,17). The first-order chi connectivity index (χ1) is 8.34. The van der Waals surface area contributed by atoms with Crippen LogP contribution in [0.25, 0.3) is 0 Å². The summed E-state index contributed by atoms with van der Waals surface area (Å²) in [5.41, 5.74) is 0.918. The Morgan fingerprint density at radius 2 is 2.00 bits per heavy atom. The van der Waals surface area contributed by atoms with Gasteiger partial charge in [-0.05, 0) is 6.92 Å². The fraction of sp³-hybridized carbons (Fsp3) is 0.583. The van der Waals surface area contributed by atoms with Crippen LogP contribution < -0.4 is 5.32 Å². The number of carboxylic acid groups (broad SMARTS) is 1. The second-order valence-corrected chi connectivity index (χ2v) is 4.61. The number of rotatable bonds is 5. The Bertz CT molecular complexity index is 451. The van der Waals surface area contributed by atoms with E-state index in [1.807, 2.05) is 13.8 Å². The van der Waals surface area contributed by atoms with Gasteiger partial charge >= 0.3 is 5.97 Å². The summed E-state index contributed by atoms with van der Waals surface area (Å²) in [5, 5.41) is 15.1. The van der Waals surface area contributed by atoms with Gasteiger partial charge in [-0.25, -0.2) is 0 Å². The molecule has 0 fully saturated rings. The summed E-state index contributed by atoms with van der Waals surface area (Å²) in [6, 6.07) is 0. The van der Waals surface area contributed by atoms with Gasteiger partial charge in [0.1, 0.15) is 5.56 Å². The quantitative estimate of drug-likeness (QED) is 0.831. The lowest BCUT2D eigenvalue weighted by molar-refractivity contribution is -0.140. The van der Waals surface area contributed by atoms with E-state index in [1.54, 1.807) is 6.92 Å². The van der Waals surface area contributed by atoms with Crippen molar-refractivity contribution in [2.24, 2.45) is 5.92 Å². The molecule has 0 bridgehead atoms. The van der Waals surface area contributed by atoms with Crippen LogP contribution in [-0.2, 0) is 4.79 Å². The zero-order chi connectivity index (χ0) is 13.9. The first kappa shape index (κ1) is 14.2. The van der Waals surface area contributed by atoms with Crippen LogP contribution in [0.2, 0.25) is 0 Å². The fourth-order valence-electron chi connectivity index (χ4n) is 1.48. The van der Waals surface area contributed by atoms with Crippen LogP contribution >= 0.6 is 0 Å². The molecule has 6 nitrogen and oxygen atoms in total. The highest BCUT2D eigenvalue weighted by Gasteiger charge is 2.23. The molecule has 0 saturated carbocycles. The SMILES string of the molecule is Cc1noc(C(C)C)c1C(=O)NCC(C)C(=O)O. The average molecular weight is 254 g/mol. The van der Waals surface area contributed by atoms with E-state index in [4.69, 9.17) is 9.63 Å². The van der Waals surface area contributed by atoms with Gasteiger partial charge in [0.25, 0.3) is 5.91 Å². The number of carbonyl (C=O) groups excluding carboxylic acids is 1. The smallest absolute Gasteiger partial charge is 0.308 e. The second-order valence-electron chi connectivity index (χ2n) is 4.61. The first-order valence-electron chi connectivity index (χ1n) is 5.81. The monoisotopic (exact) mass is 254 g/mol. The number of carbonyl (C=O) groups is 2. The fourth-order valence-corrected chi connectivity index (χ4v) is 1.48. The minimum atomic E-state index is -0.943. The van der Waals surface area contributed by atoms with Gasteiger partial charge in [0.2, 0.25) is 0 Å². The molecule has 1 heterocycles. The zero-order valence-corrected chi connectivity index (χ0v) is 11.0. The van der Waals surface area contributed by atoms with Crippen molar-refractivity contribution in [3.63, 3.8) is 0 Å². The number of aliphatic carboxylic acids is 1. The van der Waals surface area contributed by atoms with Crippen molar-refractivity contribution in [1.29, 1.82) is 0 Å². The van der Waals surface area contributed by atoms with Crippen LogP contribution in [0.1, 0.15) is 48.5 Å². The maximum Gasteiger partial charge on any atom is 0.308 e. The van der Waals surface area contributed by atoms with E-state index in [9.17, 15) is 9.59 Å². The molecule has 0 aliphatic rings. The highest BCUT2D eigenvalue weighted by atomic mass is 16.5. The Morgan fingerprint density at radius 1 is 1.39 bits per heavy atom. The maximum atomic E-state index is 12.0. The van der Waals surface area contributed by atoms with Gasteiger partial charge in [0.15, 0.2) is 5.76 Å². The number of carboxylic acids is 1. The molecule has 2 N–H and O–H groups in total. The van der Waals surface area contributed by atoms with Crippen molar-refractivity contribution in [3.05, 3.63) is 17.0 Å². The molecule has 1 rings (SSSR count). The van der Waals surface area contributed by atoms with Gasteiger partial charge in [0.05, 0.1) is 11.6 Å². The molecule has 0 aliphatic carbocycles. The Labute approximate surface area is 105 Å². The minimum Gasteiger partial charge on any atom is -0.481 e. The summed E-state index contributed by atoms with van der Waals surface area (Å²) in [6.45, 7) is 7.10. The summed E-state index contributed by atoms with van der Waals surface area (Å²) < 4.78 is 5.11. The van der Waals surface area contributed by atoms with E-state index in [0.29, 0.717) is 17.0 Å². The third-order valence-corrected chi connectivity index (χ3v) is 2.63. The highest BCUT2D eigenvalue weighted by Crippen LogP contribution is 2.21. The number of aryl methyl sites for hydroxylation is 1. The summed E-state index contributed by atoms with van der Waals surface area (Å²) >= 11 is 0. The second kappa shape index (κ2) is 5.66. The Hall–Kier alpha value is -1.85. The first-order valence-corrected chi connectivity index (χ1v) is 5.81. The lowest BCUT2D eigenvalue weighted by atomic mass is 10.0. The molecule has 6 heteroatoms. The van der Waals surface area contributed by atoms with Crippen molar-refractivity contribution < 1.29 is 19.2 Å². The van der Waals surface area contributed by atoms with Gasteiger partial charge in [-0.15, -0.1) is 0 Å². The van der Waals surface area contributed by atoms with Crippen LogP contribution in [0.5, 0.6) is 0 Å². The molecule has 0 aromatic carbocycles. The minimum absolute atomic E-state index is 0.0452. The van der Waals surface area contributed by atoms with Gasteiger partial charge in [-0.1, -0.05) is 25.9 Å². The Morgan fingerprint density at radius 3 is 2.50 bits per heavy atom. The molecule has 1 amide bonds. The molecule has 1 aromatic heterocycles. The predicted octanol–water partition coefficient (Wildman–Crippen LogP) is 1.56. The van der Waals surface area contributed by atoms with Crippen molar-refractivity contribution in [1.82, 2.24) is 10.5 Å². The maximum absolute atomic E-state index is 12.0. The van der Waals surface area contributed by atoms with Crippen LogP contribution in [0.15, 0.2) is 4.52 Å². The zero-order valence-electron chi connectivity index (χ0n) is 11.0. The third kappa shape index (κ3) is 3.09. The van der Waals surface area contributed by atoms with Crippen molar-refractivity contribution in [3.8, 4) is 0 Å².